The van der Waals surface area contributed by atoms with E-state index in [1.807, 2.05) is 0 Å². The highest BCUT2D eigenvalue weighted by Crippen LogP contribution is 2.30. The lowest BCUT2D eigenvalue weighted by atomic mass is 9.80. The molecule has 2 fully saturated rings. The first kappa shape index (κ1) is 97.9. The Morgan fingerprint density at radius 2 is 0.898 bits per heavy atom. The Balaban J connectivity index is 1.13. The van der Waals surface area contributed by atoms with Crippen molar-refractivity contribution in [3.8, 4) is 11.5 Å². The maximum atomic E-state index is 15.6. The van der Waals surface area contributed by atoms with Crippen molar-refractivity contribution < 1.29 is 97.1 Å². The molecule has 7 aromatic rings. The van der Waals surface area contributed by atoms with Crippen molar-refractivity contribution in [1.29, 1.82) is 5.41 Å². The van der Waals surface area contributed by atoms with Crippen LogP contribution in [0.4, 0.5) is 0 Å². The minimum atomic E-state index is -1.99. The standard InChI is InChI=1S/C90H114N18O20/c1-5-49(2)79-88(127)102-67(38-58-46-97-64-21-12-10-19-62(58)64)84(123)103-70(89(128)108-32-13-14-33-108)44-78(118)107(4)50(3)80(119)99-68(42-76(91)116)85(124)100-66(36-51-16-7-6-8-17-51)83(122)101-69(43-77(92)117)86(125)104-71(47-109)75(115)40-55(37-57-45-96-63-20-11-9-18-61(57)63)73(113)39-54(34-52-23-27-59(111)28-24-52)74(114)41-56(35-53-25-29-60(112)30-26-53)81(120)98-65(22-15-31-95-90(93)94)82(121)105-72(48-110)87(126)106-79/h6-12,16-21,23-30,45-46,49-50,54-56,65-72,79,96-97,109-112H,5,13-15,22,31-44,47-48H2,1-4H3,(H2,91,116)(H2,92,117)(H,98,120)(H,99,119)(H,100,124)(H,101,122)(H,102,127)(H,103,123)(H,104,125)(H,105,121)(H,106,126)(H4,93,94,95)/t49-,50-,54+,55+,56+,65-,66-,67-,68-,69-,70-,71-,72-,79-/m0/s1. The maximum absolute atomic E-state index is 15.6. The van der Waals surface area contributed by atoms with Gasteiger partial charge in [-0.25, -0.2) is 0 Å². The van der Waals surface area contributed by atoms with Gasteiger partial charge in [-0.05, 0) is 122 Å². The van der Waals surface area contributed by atoms with E-state index < -0.39 is 236 Å². The smallest absolute Gasteiger partial charge is 0.245 e. The molecule has 0 spiro atoms. The molecule has 2 aromatic heterocycles. The number of phenols is 2. The highest BCUT2D eigenvalue weighted by Gasteiger charge is 2.42. The molecule has 128 heavy (non-hydrogen) atoms. The fraction of sp³-hybridized carbons (Fsp3) is 0.433. The molecule has 9 rings (SSSR count). The molecule has 684 valence electrons. The SMILES string of the molecule is CC[C@H](C)[C@@H]1NC(=O)[C@H](CO)NC(=O)[C@H](CCCNC(=N)N)NC(=O)[C@H](Cc2ccc(O)cc2)CC(=O)[C@H](Cc2ccc(O)cc2)CC(=O)[C@H](Cc2c[nH]c3ccccc23)CC(=O)[C@H](CO)NC(=O)[C@H](CC(N)=O)NC(=O)[C@H](Cc2ccccc2)NC(=O)[C@H](CC(N)=O)NC(=O)[C@H](C)N(C)C(=O)C[C@@H](C(=O)N2CCCC2)NC(=O)[C@H](Cc2c[nH]c3ccccc23)NC1=O. The van der Waals surface area contributed by atoms with Crippen molar-refractivity contribution in [3.05, 3.63) is 168 Å². The molecule has 2 aliphatic rings. The van der Waals surface area contributed by atoms with Crippen LogP contribution in [0.5, 0.6) is 11.5 Å². The van der Waals surface area contributed by atoms with E-state index in [4.69, 9.17) is 22.6 Å². The van der Waals surface area contributed by atoms with Gasteiger partial charge in [0.1, 0.15) is 83.5 Å². The number of para-hydroxylation sites is 2. The summed E-state index contributed by atoms with van der Waals surface area (Å²) in [6, 6.07) is 15.7. The molecule has 4 heterocycles. The Morgan fingerprint density at radius 3 is 1.45 bits per heavy atom. The van der Waals surface area contributed by atoms with E-state index in [-0.39, 0.29) is 82.5 Å². The first-order chi connectivity index (χ1) is 61.1. The molecule has 5 aromatic carbocycles. The number of hydrogen-bond acceptors (Lipinski definition) is 21. The van der Waals surface area contributed by atoms with E-state index in [2.05, 4.69) is 63.1 Å². The number of fused-ring (bicyclic) bond motifs is 2. The van der Waals surface area contributed by atoms with Gasteiger partial charge in [-0.15, -0.1) is 0 Å². The molecule has 2 saturated heterocycles. The van der Waals surface area contributed by atoms with Crippen LogP contribution in [0, 0.1) is 29.1 Å². The highest BCUT2D eigenvalue weighted by atomic mass is 16.3. The number of aliphatic hydroxyl groups is 2. The Morgan fingerprint density at radius 1 is 0.469 bits per heavy atom. The topological polar surface area (TPSA) is 614 Å². The number of carbonyl (C=O) groups is 16. The largest absolute Gasteiger partial charge is 0.508 e. The van der Waals surface area contributed by atoms with Crippen LogP contribution in [0.3, 0.4) is 0 Å². The molecular weight excluding hydrogens is 1650 g/mol. The number of aromatic amines is 2. The summed E-state index contributed by atoms with van der Waals surface area (Å²) in [5.74, 6) is -22.0. The average Bonchev–Trinajstić information content (AvgIpc) is 1.65. The van der Waals surface area contributed by atoms with Crippen LogP contribution in [0.1, 0.15) is 119 Å². The number of likely N-dealkylation sites (N-methyl/N-ethyl adjacent to an activating group) is 1. The minimum Gasteiger partial charge on any atom is -0.508 e. The molecule has 38 heteroatoms. The molecule has 2 aliphatic heterocycles. The van der Waals surface area contributed by atoms with Crippen molar-refractivity contribution in [2.45, 2.75) is 184 Å². The zero-order chi connectivity index (χ0) is 93.0. The third-order valence-electron chi connectivity index (χ3n) is 23.2. The van der Waals surface area contributed by atoms with Crippen molar-refractivity contribution in [1.82, 2.24) is 72.9 Å². The number of likely N-dealkylation sites (tertiary alicyclic amines) is 1. The van der Waals surface area contributed by atoms with E-state index in [0.717, 1.165) is 4.90 Å². The van der Waals surface area contributed by atoms with Crippen LogP contribution in [0.15, 0.2) is 140 Å². The van der Waals surface area contributed by atoms with Crippen LogP contribution in [-0.4, -0.2) is 241 Å². The number of benzene rings is 5. The molecule has 0 aliphatic carbocycles. The number of aromatic nitrogens is 2. The number of hydrogen-bond donors (Lipinski definition) is 20. The number of guanidine groups is 1. The third kappa shape index (κ3) is 28.0. The number of H-pyrrole nitrogens is 2. The van der Waals surface area contributed by atoms with Gasteiger partial charge in [-0.1, -0.05) is 111 Å². The summed E-state index contributed by atoms with van der Waals surface area (Å²) in [6.45, 7) is 2.64. The summed E-state index contributed by atoms with van der Waals surface area (Å²) in [7, 11) is 1.18. The fourth-order valence-corrected chi connectivity index (χ4v) is 15.5. The monoisotopic (exact) mass is 1770 g/mol. The van der Waals surface area contributed by atoms with Crippen molar-refractivity contribution in [2.24, 2.45) is 40.9 Å². The van der Waals surface area contributed by atoms with Crippen LogP contribution in [0.2, 0.25) is 0 Å². The number of ketones is 3. The number of aliphatic hydroxyl groups excluding tert-OH is 2. The number of phenolic OH excluding ortho intramolecular Hbond substituents is 2. The number of rotatable bonds is 23. The average molecular weight is 1770 g/mol. The van der Waals surface area contributed by atoms with E-state index >= 15 is 24.0 Å². The minimum absolute atomic E-state index is 0.00490. The predicted molar refractivity (Wildman–Crippen MR) is 468 cm³/mol. The zero-order valence-corrected chi connectivity index (χ0v) is 71.7. The summed E-state index contributed by atoms with van der Waals surface area (Å²) < 4.78 is 0. The number of primary amides is 2. The van der Waals surface area contributed by atoms with Crippen LogP contribution >= 0.6 is 0 Å². The summed E-state index contributed by atoms with van der Waals surface area (Å²) in [6.07, 6.45) is -1.97. The van der Waals surface area contributed by atoms with E-state index in [0.29, 0.717) is 62.5 Å². The molecule has 13 amide bonds. The van der Waals surface area contributed by atoms with Gasteiger partial charge in [0, 0.05) is 111 Å². The number of nitrogens with two attached hydrogens (primary N) is 3. The normalized spacial score (nSPS) is 23.7. The summed E-state index contributed by atoms with van der Waals surface area (Å²) in [4.78, 5) is 244. The van der Waals surface area contributed by atoms with Gasteiger partial charge in [0.25, 0.3) is 0 Å². The number of nitrogens with zero attached hydrogens (tertiary/aromatic N) is 2. The molecule has 0 saturated carbocycles. The Bertz CT molecular complexity index is 5150. The number of aromatic hydroxyl groups is 2. The Labute approximate surface area is 737 Å². The number of Topliss-reactive ketones (excluding diaryl/α,β-unsaturated/α-hetero) is 3. The number of nitrogens with one attached hydrogen (secondary N) is 13. The van der Waals surface area contributed by atoms with Crippen LogP contribution in [0.25, 0.3) is 21.8 Å². The molecule has 38 nitrogen and oxygen atoms in total. The van der Waals surface area contributed by atoms with Crippen molar-refractivity contribution in [3.63, 3.8) is 0 Å². The lowest BCUT2D eigenvalue weighted by Crippen LogP contribution is -2.61. The summed E-state index contributed by atoms with van der Waals surface area (Å²) >= 11 is 0. The molecule has 0 bridgehead atoms. The highest BCUT2D eigenvalue weighted by molar-refractivity contribution is 6.03. The lowest BCUT2D eigenvalue weighted by Gasteiger charge is -2.31. The van der Waals surface area contributed by atoms with Crippen molar-refractivity contribution in [2.75, 3.05) is 39.9 Å². The lowest BCUT2D eigenvalue weighted by molar-refractivity contribution is -0.143. The Hall–Kier alpha value is -13.9. The zero-order valence-electron chi connectivity index (χ0n) is 71.7. The summed E-state index contributed by atoms with van der Waals surface area (Å²) in [5, 5.41) is 77.5. The van der Waals surface area contributed by atoms with Crippen molar-refractivity contribution >= 4 is 122 Å². The van der Waals surface area contributed by atoms with Gasteiger partial charge in [0.2, 0.25) is 76.8 Å². The Kier molecular flexibility index (Phi) is 35.9. The van der Waals surface area contributed by atoms with E-state index in [1.54, 1.807) is 105 Å². The predicted octanol–water partition coefficient (Wildman–Crippen LogP) is -0.419. The second-order valence-corrected chi connectivity index (χ2v) is 32.6. The van der Waals surface area contributed by atoms with Gasteiger partial charge >= 0.3 is 0 Å². The van der Waals surface area contributed by atoms with Gasteiger partial charge < -0.3 is 111 Å². The quantitative estimate of drug-likeness (QED) is 0.0220. The first-order valence-electron chi connectivity index (χ1n) is 42.5. The molecule has 23 N–H and O–H groups in total. The van der Waals surface area contributed by atoms with E-state index in [9.17, 15) is 73.2 Å². The third-order valence-corrected chi connectivity index (χ3v) is 23.2. The molecular formula is C90H114N18O20. The molecule has 14 atom stereocenters. The molecule has 0 radical (unpaired) electrons. The van der Waals surface area contributed by atoms with Gasteiger partial charge in [0.05, 0.1) is 32.5 Å². The first-order valence-corrected chi connectivity index (χ1v) is 42.5. The number of carbonyl (C=O) groups excluding carboxylic acids is 16. The van der Waals surface area contributed by atoms with Gasteiger partial charge in [0.15, 0.2) is 11.7 Å². The molecule has 0 unspecified atom stereocenters. The van der Waals surface area contributed by atoms with Crippen LogP contribution < -0.4 is 70.4 Å². The summed E-state index contributed by atoms with van der Waals surface area (Å²) in [5.41, 5.74) is 20.4. The fourth-order valence-electron chi connectivity index (χ4n) is 15.5. The second kappa shape index (κ2) is 46.9. The number of amides is 13. The van der Waals surface area contributed by atoms with Crippen LogP contribution in [-0.2, 0) is 109 Å². The second-order valence-electron chi connectivity index (χ2n) is 32.6. The van der Waals surface area contributed by atoms with Gasteiger partial charge in [-0.3, -0.25) is 82.1 Å². The van der Waals surface area contributed by atoms with E-state index in [1.165, 1.54) is 67.4 Å². The van der Waals surface area contributed by atoms with Gasteiger partial charge in [-0.2, -0.15) is 0 Å². The maximum Gasteiger partial charge on any atom is 0.245 e.